The molecule has 1 saturated heterocycles. The highest BCUT2D eigenvalue weighted by atomic mass is 35.5. The molecule has 19 heavy (non-hydrogen) atoms. The minimum absolute atomic E-state index is 0. The van der Waals surface area contributed by atoms with E-state index in [-0.39, 0.29) is 24.4 Å². The Kier molecular flexibility index (Phi) is 6.11. The normalized spacial score (nSPS) is 22.5. The molecule has 1 aromatic carbocycles. The highest BCUT2D eigenvalue weighted by molar-refractivity contribution is 6.31. The number of carbonyl (C=O) groups is 1. The first-order valence-corrected chi connectivity index (χ1v) is 6.75. The maximum Gasteiger partial charge on any atom is 0.251 e. The second kappa shape index (κ2) is 7.13. The first kappa shape index (κ1) is 16.3. The monoisotopic (exact) mass is 302 g/mol. The second-order valence-corrected chi connectivity index (χ2v) is 5.37. The number of piperidine rings is 1. The van der Waals surface area contributed by atoms with E-state index in [1.807, 2.05) is 19.1 Å². The molecule has 2 atom stereocenters. The van der Waals surface area contributed by atoms with Gasteiger partial charge in [0.2, 0.25) is 0 Å². The largest absolute Gasteiger partial charge is 0.349 e. The Labute approximate surface area is 125 Å². The van der Waals surface area contributed by atoms with E-state index in [0.29, 0.717) is 16.6 Å². The van der Waals surface area contributed by atoms with Crippen molar-refractivity contribution >= 4 is 29.9 Å². The fraction of sp³-hybridized carbons (Fsp3) is 0.500. The Morgan fingerprint density at radius 1 is 1.47 bits per heavy atom. The van der Waals surface area contributed by atoms with Gasteiger partial charge in [-0.1, -0.05) is 17.7 Å². The minimum Gasteiger partial charge on any atom is -0.349 e. The molecule has 2 N–H and O–H groups in total. The van der Waals surface area contributed by atoms with Crippen molar-refractivity contribution in [3.63, 3.8) is 0 Å². The van der Waals surface area contributed by atoms with Crippen molar-refractivity contribution in [2.75, 3.05) is 6.54 Å². The van der Waals surface area contributed by atoms with E-state index in [2.05, 4.69) is 17.6 Å². The molecule has 0 radical (unpaired) electrons. The summed E-state index contributed by atoms with van der Waals surface area (Å²) in [5.41, 5.74) is 1.52. The smallest absolute Gasteiger partial charge is 0.251 e. The van der Waals surface area contributed by atoms with Crippen LogP contribution in [0, 0.1) is 6.92 Å². The predicted octanol–water partition coefficient (Wildman–Crippen LogP) is 2.94. The maximum absolute atomic E-state index is 12.2. The summed E-state index contributed by atoms with van der Waals surface area (Å²) in [6, 6.07) is 6.16. The number of amides is 1. The van der Waals surface area contributed by atoms with Gasteiger partial charge in [-0.05, 0) is 50.9 Å². The van der Waals surface area contributed by atoms with E-state index in [1.54, 1.807) is 6.07 Å². The lowest BCUT2D eigenvalue weighted by molar-refractivity contribution is 0.0925. The maximum atomic E-state index is 12.2. The average Bonchev–Trinajstić information content (AvgIpc) is 2.32. The molecule has 1 fully saturated rings. The summed E-state index contributed by atoms with van der Waals surface area (Å²) >= 11 is 6.03. The number of benzene rings is 1. The van der Waals surface area contributed by atoms with Gasteiger partial charge in [-0.3, -0.25) is 4.79 Å². The molecular formula is C14H20Cl2N2O. The average molecular weight is 303 g/mol. The molecule has 1 aromatic rings. The second-order valence-electron chi connectivity index (χ2n) is 4.96. The van der Waals surface area contributed by atoms with Crippen molar-refractivity contribution in [2.45, 2.75) is 38.8 Å². The number of carbonyl (C=O) groups excluding carboxylic acids is 1. The van der Waals surface area contributed by atoms with Crippen molar-refractivity contribution in [1.82, 2.24) is 10.6 Å². The van der Waals surface area contributed by atoms with Gasteiger partial charge in [0.15, 0.2) is 0 Å². The molecule has 2 unspecified atom stereocenters. The molecule has 2 rings (SSSR count). The first-order valence-electron chi connectivity index (χ1n) is 6.37. The zero-order chi connectivity index (χ0) is 13.1. The van der Waals surface area contributed by atoms with Crippen molar-refractivity contribution in [2.24, 2.45) is 0 Å². The summed E-state index contributed by atoms with van der Waals surface area (Å²) in [4.78, 5) is 12.2. The van der Waals surface area contributed by atoms with Gasteiger partial charge < -0.3 is 10.6 Å². The van der Waals surface area contributed by atoms with Crippen LogP contribution in [-0.2, 0) is 0 Å². The van der Waals surface area contributed by atoms with Gasteiger partial charge in [0.1, 0.15) is 0 Å². The summed E-state index contributed by atoms with van der Waals surface area (Å²) in [6.07, 6.45) is 1.96. The summed E-state index contributed by atoms with van der Waals surface area (Å²) in [7, 11) is 0. The van der Waals surface area contributed by atoms with E-state index in [4.69, 9.17) is 11.6 Å². The van der Waals surface area contributed by atoms with Gasteiger partial charge in [-0.15, -0.1) is 12.4 Å². The van der Waals surface area contributed by atoms with Crippen LogP contribution in [0.15, 0.2) is 18.2 Å². The van der Waals surface area contributed by atoms with Crippen molar-refractivity contribution in [1.29, 1.82) is 0 Å². The summed E-state index contributed by atoms with van der Waals surface area (Å²) in [5.74, 6) is -0.0194. The standard InChI is InChI=1S/C14H19ClN2O.ClH/c1-9-8-11(6-7-16-9)17-14(18)12-4-3-5-13(15)10(12)2;/h3-5,9,11,16H,6-8H2,1-2H3,(H,17,18);1H. The summed E-state index contributed by atoms with van der Waals surface area (Å²) in [5, 5.41) is 7.11. The number of rotatable bonds is 2. The fourth-order valence-electron chi connectivity index (χ4n) is 2.38. The molecule has 0 spiro atoms. The number of halogens is 2. The van der Waals surface area contributed by atoms with Crippen LogP contribution >= 0.6 is 24.0 Å². The molecule has 0 bridgehead atoms. The van der Waals surface area contributed by atoms with E-state index >= 15 is 0 Å². The third kappa shape index (κ3) is 4.10. The van der Waals surface area contributed by atoms with Gasteiger partial charge in [0.25, 0.3) is 5.91 Å². The van der Waals surface area contributed by atoms with Gasteiger partial charge >= 0.3 is 0 Å². The van der Waals surface area contributed by atoms with Crippen molar-refractivity contribution in [3.05, 3.63) is 34.3 Å². The molecular weight excluding hydrogens is 283 g/mol. The lowest BCUT2D eigenvalue weighted by Crippen LogP contribution is -2.46. The molecule has 0 aliphatic carbocycles. The molecule has 1 amide bonds. The Balaban J connectivity index is 0.00000180. The number of nitrogens with one attached hydrogen (secondary N) is 2. The highest BCUT2D eigenvalue weighted by Gasteiger charge is 2.21. The topological polar surface area (TPSA) is 41.1 Å². The summed E-state index contributed by atoms with van der Waals surface area (Å²) < 4.78 is 0. The Hall–Kier alpha value is -0.770. The van der Waals surface area contributed by atoms with Crippen LogP contribution in [-0.4, -0.2) is 24.5 Å². The third-order valence-corrected chi connectivity index (χ3v) is 3.88. The van der Waals surface area contributed by atoms with Crippen LogP contribution in [0.1, 0.15) is 35.7 Å². The van der Waals surface area contributed by atoms with Gasteiger partial charge in [0.05, 0.1) is 0 Å². The molecule has 1 heterocycles. The van der Waals surface area contributed by atoms with Crippen LogP contribution in [0.4, 0.5) is 0 Å². The fourth-order valence-corrected chi connectivity index (χ4v) is 2.55. The Bertz CT molecular complexity index is 451. The quantitative estimate of drug-likeness (QED) is 0.882. The molecule has 0 aromatic heterocycles. The Morgan fingerprint density at radius 2 is 2.21 bits per heavy atom. The van der Waals surface area contributed by atoms with Crippen LogP contribution in [0.25, 0.3) is 0 Å². The van der Waals surface area contributed by atoms with Crippen molar-refractivity contribution < 1.29 is 4.79 Å². The molecule has 1 aliphatic heterocycles. The summed E-state index contributed by atoms with van der Waals surface area (Å²) in [6.45, 7) is 4.98. The molecule has 0 saturated carbocycles. The molecule has 5 heteroatoms. The lowest BCUT2D eigenvalue weighted by atomic mass is 9.99. The third-order valence-electron chi connectivity index (χ3n) is 3.47. The van der Waals surface area contributed by atoms with E-state index in [1.165, 1.54) is 0 Å². The lowest BCUT2D eigenvalue weighted by Gasteiger charge is -2.28. The highest BCUT2D eigenvalue weighted by Crippen LogP contribution is 2.19. The molecule has 1 aliphatic rings. The van der Waals surface area contributed by atoms with Gasteiger partial charge in [-0.2, -0.15) is 0 Å². The van der Waals surface area contributed by atoms with E-state index < -0.39 is 0 Å². The van der Waals surface area contributed by atoms with Crippen LogP contribution in [0.3, 0.4) is 0 Å². The van der Waals surface area contributed by atoms with Crippen LogP contribution < -0.4 is 10.6 Å². The van der Waals surface area contributed by atoms with Gasteiger partial charge in [0, 0.05) is 22.7 Å². The number of hydrogen-bond acceptors (Lipinski definition) is 2. The zero-order valence-electron chi connectivity index (χ0n) is 11.2. The molecule has 3 nitrogen and oxygen atoms in total. The SMILES string of the molecule is Cc1c(Cl)cccc1C(=O)NC1CCNC(C)C1.Cl. The van der Waals surface area contributed by atoms with E-state index in [9.17, 15) is 4.79 Å². The predicted molar refractivity (Wildman–Crippen MR) is 81.4 cm³/mol. The van der Waals surface area contributed by atoms with Gasteiger partial charge in [-0.25, -0.2) is 0 Å². The molecule has 106 valence electrons. The van der Waals surface area contributed by atoms with E-state index in [0.717, 1.165) is 24.9 Å². The van der Waals surface area contributed by atoms with Crippen molar-refractivity contribution in [3.8, 4) is 0 Å². The number of hydrogen-bond donors (Lipinski definition) is 2. The van der Waals surface area contributed by atoms with Crippen LogP contribution in [0.5, 0.6) is 0 Å². The minimum atomic E-state index is -0.0194. The zero-order valence-corrected chi connectivity index (χ0v) is 12.8. The Morgan fingerprint density at radius 3 is 2.89 bits per heavy atom. The van der Waals surface area contributed by atoms with Crippen LogP contribution in [0.2, 0.25) is 5.02 Å². The first-order chi connectivity index (χ1) is 8.58.